The molecule has 0 aromatic heterocycles. The number of likely N-dealkylation sites (tertiary alicyclic amines) is 1. The number of benzene rings is 1. The summed E-state index contributed by atoms with van der Waals surface area (Å²) in [6.45, 7) is 6.44. The fourth-order valence-electron chi connectivity index (χ4n) is 3.36. The number of hydrogen-bond donors (Lipinski definition) is 1. The van der Waals surface area contributed by atoms with Crippen LogP contribution < -0.4 is 15.2 Å². The Morgan fingerprint density at radius 1 is 1.19 bits per heavy atom. The van der Waals surface area contributed by atoms with Gasteiger partial charge >= 0.3 is 0 Å². The SMILES string of the molecule is CCN1CCC(C(CN)c2ccc(OC)c(OC)c2)CC1. The highest BCUT2D eigenvalue weighted by Crippen LogP contribution is 2.36. The maximum atomic E-state index is 6.08. The van der Waals surface area contributed by atoms with E-state index in [1.807, 2.05) is 6.07 Å². The molecule has 0 saturated carbocycles. The molecule has 118 valence electrons. The van der Waals surface area contributed by atoms with Crippen LogP contribution in [0.5, 0.6) is 11.5 Å². The zero-order valence-corrected chi connectivity index (χ0v) is 13.5. The molecule has 2 N–H and O–H groups in total. The van der Waals surface area contributed by atoms with Gasteiger partial charge in [-0.05, 0) is 68.6 Å². The average molecular weight is 292 g/mol. The summed E-state index contributed by atoms with van der Waals surface area (Å²) in [5, 5.41) is 0. The van der Waals surface area contributed by atoms with Crippen molar-refractivity contribution in [1.82, 2.24) is 4.90 Å². The number of hydrogen-bond acceptors (Lipinski definition) is 4. The Bertz CT molecular complexity index is 442. The Morgan fingerprint density at radius 3 is 2.38 bits per heavy atom. The maximum Gasteiger partial charge on any atom is 0.160 e. The molecule has 1 atom stereocenters. The van der Waals surface area contributed by atoms with Crippen molar-refractivity contribution in [1.29, 1.82) is 0 Å². The zero-order chi connectivity index (χ0) is 15.2. The molecule has 1 aromatic carbocycles. The van der Waals surface area contributed by atoms with E-state index in [1.165, 1.54) is 31.5 Å². The van der Waals surface area contributed by atoms with Gasteiger partial charge in [0.25, 0.3) is 0 Å². The first-order valence-corrected chi connectivity index (χ1v) is 7.87. The topological polar surface area (TPSA) is 47.7 Å². The molecule has 0 radical (unpaired) electrons. The molecule has 1 saturated heterocycles. The van der Waals surface area contributed by atoms with E-state index in [9.17, 15) is 0 Å². The summed E-state index contributed by atoms with van der Waals surface area (Å²) in [5.74, 6) is 2.64. The smallest absolute Gasteiger partial charge is 0.160 e. The Kier molecular flexibility index (Phi) is 5.88. The van der Waals surface area contributed by atoms with E-state index in [1.54, 1.807) is 14.2 Å². The molecular weight excluding hydrogens is 264 g/mol. The van der Waals surface area contributed by atoms with Gasteiger partial charge in [0, 0.05) is 0 Å². The number of piperidine rings is 1. The van der Waals surface area contributed by atoms with E-state index < -0.39 is 0 Å². The predicted molar refractivity (Wildman–Crippen MR) is 86.2 cm³/mol. The molecule has 1 fully saturated rings. The highest BCUT2D eigenvalue weighted by atomic mass is 16.5. The maximum absolute atomic E-state index is 6.08. The second-order valence-corrected chi connectivity index (χ2v) is 5.73. The van der Waals surface area contributed by atoms with Gasteiger partial charge in [0.05, 0.1) is 14.2 Å². The molecule has 1 unspecified atom stereocenters. The molecule has 1 heterocycles. The second-order valence-electron chi connectivity index (χ2n) is 5.73. The van der Waals surface area contributed by atoms with E-state index in [-0.39, 0.29) is 0 Å². The first-order chi connectivity index (χ1) is 10.2. The van der Waals surface area contributed by atoms with Crippen LogP contribution in [0.15, 0.2) is 18.2 Å². The van der Waals surface area contributed by atoms with Crippen molar-refractivity contribution >= 4 is 0 Å². The largest absolute Gasteiger partial charge is 0.493 e. The number of methoxy groups -OCH3 is 2. The summed E-state index contributed by atoms with van der Waals surface area (Å²) < 4.78 is 10.7. The first-order valence-electron chi connectivity index (χ1n) is 7.87. The van der Waals surface area contributed by atoms with Gasteiger partial charge < -0.3 is 20.1 Å². The highest BCUT2D eigenvalue weighted by Gasteiger charge is 2.27. The molecule has 1 aliphatic rings. The fourth-order valence-corrected chi connectivity index (χ4v) is 3.36. The van der Waals surface area contributed by atoms with Gasteiger partial charge in [-0.1, -0.05) is 13.0 Å². The van der Waals surface area contributed by atoms with Crippen molar-refractivity contribution in [2.24, 2.45) is 11.7 Å². The molecule has 0 bridgehead atoms. The standard InChI is InChI=1S/C17H28N2O2/c1-4-19-9-7-13(8-10-19)15(12-18)14-5-6-16(20-2)17(11-14)21-3/h5-6,11,13,15H,4,7-10,12,18H2,1-3H3. The molecule has 1 aromatic rings. The zero-order valence-electron chi connectivity index (χ0n) is 13.5. The Balaban J connectivity index is 2.14. The van der Waals surface area contributed by atoms with Gasteiger partial charge in [0.1, 0.15) is 0 Å². The Hall–Kier alpha value is -1.26. The molecule has 4 nitrogen and oxygen atoms in total. The molecule has 0 spiro atoms. The summed E-state index contributed by atoms with van der Waals surface area (Å²) in [6, 6.07) is 6.20. The lowest BCUT2D eigenvalue weighted by Crippen LogP contribution is -2.36. The van der Waals surface area contributed by atoms with Crippen LogP contribution in [0.2, 0.25) is 0 Å². The number of rotatable bonds is 6. The third-order valence-electron chi connectivity index (χ3n) is 4.74. The van der Waals surface area contributed by atoms with Crippen LogP contribution in [0, 0.1) is 5.92 Å². The van der Waals surface area contributed by atoms with Gasteiger partial charge in [-0.25, -0.2) is 0 Å². The van der Waals surface area contributed by atoms with Crippen LogP contribution in [0.25, 0.3) is 0 Å². The average Bonchev–Trinajstić information content (AvgIpc) is 2.56. The van der Waals surface area contributed by atoms with E-state index in [4.69, 9.17) is 15.2 Å². The Labute approximate surface area is 128 Å². The van der Waals surface area contributed by atoms with Gasteiger partial charge in [0.15, 0.2) is 11.5 Å². The molecule has 0 aliphatic carbocycles. The number of nitrogens with zero attached hydrogens (tertiary/aromatic N) is 1. The molecule has 0 amide bonds. The van der Waals surface area contributed by atoms with Crippen molar-refractivity contribution in [3.05, 3.63) is 23.8 Å². The van der Waals surface area contributed by atoms with Gasteiger partial charge in [-0.3, -0.25) is 0 Å². The molecule has 2 rings (SSSR count). The summed E-state index contributed by atoms with van der Waals surface area (Å²) in [5.41, 5.74) is 7.35. The van der Waals surface area contributed by atoms with Crippen molar-refractivity contribution in [2.75, 3.05) is 40.4 Å². The monoisotopic (exact) mass is 292 g/mol. The van der Waals surface area contributed by atoms with E-state index in [2.05, 4.69) is 24.0 Å². The quantitative estimate of drug-likeness (QED) is 0.875. The molecule has 21 heavy (non-hydrogen) atoms. The highest BCUT2D eigenvalue weighted by molar-refractivity contribution is 5.44. The van der Waals surface area contributed by atoms with Crippen molar-refractivity contribution in [3.8, 4) is 11.5 Å². The van der Waals surface area contributed by atoms with E-state index in [0.717, 1.165) is 18.0 Å². The minimum atomic E-state index is 0.406. The van der Waals surface area contributed by atoms with Crippen LogP contribution in [-0.2, 0) is 0 Å². The van der Waals surface area contributed by atoms with Crippen molar-refractivity contribution in [3.63, 3.8) is 0 Å². The molecule has 1 aliphatic heterocycles. The van der Waals surface area contributed by atoms with Crippen LogP contribution in [0.4, 0.5) is 0 Å². The summed E-state index contributed by atoms with van der Waals surface area (Å²) in [7, 11) is 3.34. The van der Waals surface area contributed by atoms with E-state index in [0.29, 0.717) is 18.4 Å². The van der Waals surface area contributed by atoms with Gasteiger partial charge in [-0.2, -0.15) is 0 Å². The first kappa shape index (κ1) is 16.1. The lowest BCUT2D eigenvalue weighted by molar-refractivity contribution is 0.176. The molecule has 4 heteroatoms. The minimum absolute atomic E-state index is 0.406. The second kappa shape index (κ2) is 7.66. The summed E-state index contributed by atoms with van der Waals surface area (Å²) in [4.78, 5) is 2.51. The van der Waals surface area contributed by atoms with Crippen molar-refractivity contribution < 1.29 is 9.47 Å². The summed E-state index contributed by atoms with van der Waals surface area (Å²) >= 11 is 0. The third kappa shape index (κ3) is 3.69. The van der Waals surface area contributed by atoms with Crippen LogP contribution in [-0.4, -0.2) is 45.3 Å². The van der Waals surface area contributed by atoms with Crippen molar-refractivity contribution in [2.45, 2.75) is 25.7 Å². The van der Waals surface area contributed by atoms with Crippen LogP contribution >= 0.6 is 0 Å². The predicted octanol–water partition coefficient (Wildman–Crippen LogP) is 2.48. The minimum Gasteiger partial charge on any atom is -0.493 e. The fraction of sp³-hybridized carbons (Fsp3) is 0.647. The number of nitrogens with two attached hydrogens (primary N) is 1. The van der Waals surface area contributed by atoms with Gasteiger partial charge in [-0.15, -0.1) is 0 Å². The molecular formula is C17H28N2O2. The van der Waals surface area contributed by atoms with Crippen LogP contribution in [0.3, 0.4) is 0 Å². The lowest BCUT2D eigenvalue weighted by atomic mass is 9.80. The third-order valence-corrected chi connectivity index (χ3v) is 4.74. The van der Waals surface area contributed by atoms with Crippen LogP contribution in [0.1, 0.15) is 31.2 Å². The van der Waals surface area contributed by atoms with E-state index >= 15 is 0 Å². The summed E-state index contributed by atoms with van der Waals surface area (Å²) in [6.07, 6.45) is 2.45. The lowest BCUT2D eigenvalue weighted by Gasteiger charge is -2.35. The normalized spacial score (nSPS) is 18.5. The number of ether oxygens (including phenoxy) is 2. The van der Waals surface area contributed by atoms with Gasteiger partial charge in [0.2, 0.25) is 0 Å². The Morgan fingerprint density at radius 2 is 1.86 bits per heavy atom.